The normalized spacial score (nSPS) is 10.6. The van der Waals surface area contributed by atoms with Gasteiger partial charge in [-0.25, -0.2) is 4.68 Å². The number of carbonyl (C=O) groups is 1. The van der Waals surface area contributed by atoms with Gasteiger partial charge in [0.1, 0.15) is 5.69 Å². The fourth-order valence-electron chi connectivity index (χ4n) is 2.04. The van der Waals surface area contributed by atoms with Crippen LogP contribution in [0.5, 0.6) is 0 Å². The zero-order valence-corrected chi connectivity index (χ0v) is 14.5. The van der Waals surface area contributed by atoms with Gasteiger partial charge in [0.05, 0.1) is 23.5 Å². The minimum Gasteiger partial charge on any atom is -0.346 e. The van der Waals surface area contributed by atoms with Crippen LogP contribution in [0.4, 0.5) is 0 Å². The number of carbonyl (C=O) groups excluding carboxylic acids is 1. The lowest BCUT2D eigenvalue weighted by atomic mass is 10.2. The second kappa shape index (κ2) is 7.21. The van der Waals surface area contributed by atoms with Crippen LogP contribution in [-0.2, 0) is 6.54 Å². The minimum atomic E-state index is -0.217. The number of aromatic nitrogens is 3. The van der Waals surface area contributed by atoms with Crippen LogP contribution in [0.1, 0.15) is 16.1 Å². The van der Waals surface area contributed by atoms with Crippen molar-refractivity contribution >= 4 is 40.7 Å². The Kier molecular flexibility index (Phi) is 5.04. The van der Waals surface area contributed by atoms with Crippen molar-refractivity contribution in [3.05, 3.63) is 75.0 Å². The van der Waals surface area contributed by atoms with Gasteiger partial charge in [-0.3, -0.25) is 4.79 Å². The number of hydrogen-bond acceptors (Lipinski definition) is 3. The highest BCUT2D eigenvalue weighted by atomic mass is 35.5. The van der Waals surface area contributed by atoms with Crippen LogP contribution in [0.15, 0.2) is 48.7 Å². The molecule has 1 heterocycles. The summed E-state index contributed by atoms with van der Waals surface area (Å²) in [4.78, 5) is 12.1. The van der Waals surface area contributed by atoms with Gasteiger partial charge in [-0.15, -0.1) is 5.10 Å². The predicted molar refractivity (Wildman–Crippen MR) is 94.0 cm³/mol. The summed E-state index contributed by atoms with van der Waals surface area (Å²) in [6, 6.07) is 11.7. The van der Waals surface area contributed by atoms with Crippen molar-refractivity contribution in [1.82, 2.24) is 20.3 Å². The van der Waals surface area contributed by atoms with E-state index in [9.17, 15) is 4.79 Å². The molecule has 122 valence electrons. The van der Waals surface area contributed by atoms with E-state index in [0.29, 0.717) is 32.0 Å². The van der Waals surface area contributed by atoms with E-state index >= 15 is 0 Å². The summed E-state index contributed by atoms with van der Waals surface area (Å²) >= 11 is 17.8. The maximum absolute atomic E-state index is 12.1. The van der Waals surface area contributed by atoms with Crippen molar-refractivity contribution < 1.29 is 4.79 Å². The summed E-state index contributed by atoms with van der Waals surface area (Å²) in [5.74, 6) is -0.217. The summed E-state index contributed by atoms with van der Waals surface area (Å²) in [6.45, 7) is 0.243. The average Bonchev–Trinajstić information content (AvgIpc) is 3.02. The molecular formula is C16H11Cl3N4O. The molecule has 1 aromatic heterocycles. The molecule has 3 rings (SSSR count). The molecule has 0 aliphatic carbocycles. The zero-order chi connectivity index (χ0) is 17.1. The van der Waals surface area contributed by atoms with Crippen molar-refractivity contribution in [3.8, 4) is 5.69 Å². The van der Waals surface area contributed by atoms with E-state index in [1.165, 1.54) is 4.68 Å². The van der Waals surface area contributed by atoms with Crippen LogP contribution in [0.3, 0.4) is 0 Å². The Morgan fingerprint density at radius 2 is 1.75 bits per heavy atom. The Morgan fingerprint density at radius 1 is 1.04 bits per heavy atom. The van der Waals surface area contributed by atoms with Crippen LogP contribution >= 0.6 is 34.8 Å². The van der Waals surface area contributed by atoms with E-state index < -0.39 is 0 Å². The van der Waals surface area contributed by atoms with Crippen molar-refractivity contribution in [2.75, 3.05) is 0 Å². The first kappa shape index (κ1) is 16.8. The molecule has 0 bridgehead atoms. The molecule has 3 aromatic rings. The lowest BCUT2D eigenvalue weighted by Gasteiger charge is -2.04. The average molecular weight is 382 g/mol. The number of benzene rings is 2. The first-order valence-corrected chi connectivity index (χ1v) is 8.07. The number of hydrogen-bond donors (Lipinski definition) is 1. The van der Waals surface area contributed by atoms with E-state index in [1.807, 2.05) is 0 Å². The molecule has 1 N–H and O–H groups in total. The molecule has 8 heteroatoms. The van der Waals surface area contributed by atoms with Crippen LogP contribution < -0.4 is 5.32 Å². The second-order valence-corrected chi connectivity index (χ2v) is 6.22. The Labute approximate surface area is 153 Å². The molecular weight excluding hydrogens is 371 g/mol. The third kappa shape index (κ3) is 3.87. The molecule has 0 saturated carbocycles. The topological polar surface area (TPSA) is 59.8 Å². The lowest BCUT2D eigenvalue weighted by molar-refractivity contribution is 0.0950. The molecule has 24 heavy (non-hydrogen) atoms. The molecule has 1 amide bonds. The molecule has 0 fully saturated rings. The van der Waals surface area contributed by atoms with Crippen LogP contribution in [0, 0.1) is 0 Å². The third-order valence-corrected chi connectivity index (χ3v) is 4.02. The fraction of sp³-hybridized carbons (Fsp3) is 0.0625. The molecule has 0 aliphatic rings. The Bertz CT molecular complexity index is 877. The van der Waals surface area contributed by atoms with Crippen LogP contribution in [0.2, 0.25) is 15.1 Å². The van der Waals surface area contributed by atoms with E-state index in [1.54, 1.807) is 48.7 Å². The quantitative estimate of drug-likeness (QED) is 0.738. The van der Waals surface area contributed by atoms with Gasteiger partial charge in [-0.1, -0.05) is 40.0 Å². The maximum atomic E-state index is 12.1. The number of rotatable bonds is 4. The molecule has 0 atom stereocenters. The zero-order valence-electron chi connectivity index (χ0n) is 12.2. The van der Waals surface area contributed by atoms with Crippen molar-refractivity contribution in [1.29, 1.82) is 0 Å². The van der Waals surface area contributed by atoms with Gasteiger partial charge in [0.2, 0.25) is 0 Å². The minimum absolute atomic E-state index is 0.217. The van der Waals surface area contributed by atoms with Crippen LogP contribution in [0.25, 0.3) is 5.69 Å². The molecule has 0 spiro atoms. The Morgan fingerprint density at radius 3 is 2.46 bits per heavy atom. The first-order valence-electron chi connectivity index (χ1n) is 6.93. The summed E-state index contributed by atoms with van der Waals surface area (Å²) < 4.78 is 1.53. The fourth-order valence-corrected chi connectivity index (χ4v) is 2.66. The van der Waals surface area contributed by atoms with Gasteiger partial charge >= 0.3 is 0 Å². The largest absolute Gasteiger partial charge is 0.346 e. The SMILES string of the molecule is O=C(NCc1cn(-c2ccc(Cl)cc2Cl)nn1)c1ccc(Cl)cc1. The summed E-state index contributed by atoms with van der Waals surface area (Å²) in [5.41, 5.74) is 1.78. The standard InChI is InChI=1S/C16H11Cl3N4O/c17-11-3-1-10(2-4-11)16(24)20-8-13-9-23(22-21-13)15-6-5-12(18)7-14(15)19/h1-7,9H,8H2,(H,20,24). The molecule has 0 saturated heterocycles. The Hall–Kier alpha value is -2.08. The monoisotopic (exact) mass is 380 g/mol. The van der Waals surface area contributed by atoms with Crippen LogP contribution in [-0.4, -0.2) is 20.9 Å². The number of nitrogens with one attached hydrogen (secondary N) is 1. The van der Waals surface area contributed by atoms with Crippen molar-refractivity contribution in [2.24, 2.45) is 0 Å². The highest BCUT2D eigenvalue weighted by molar-refractivity contribution is 6.35. The summed E-state index contributed by atoms with van der Waals surface area (Å²) in [7, 11) is 0. The smallest absolute Gasteiger partial charge is 0.251 e. The van der Waals surface area contributed by atoms with Gasteiger partial charge in [-0.05, 0) is 42.5 Å². The Balaban J connectivity index is 1.68. The van der Waals surface area contributed by atoms with E-state index in [2.05, 4.69) is 15.6 Å². The van der Waals surface area contributed by atoms with Gasteiger partial charge in [0.25, 0.3) is 5.91 Å². The highest BCUT2D eigenvalue weighted by Crippen LogP contribution is 2.23. The first-order chi connectivity index (χ1) is 11.5. The second-order valence-electron chi connectivity index (χ2n) is 4.94. The number of halogens is 3. The van der Waals surface area contributed by atoms with E-state index in [4.69, 9.17) is 34.8 Å². The van der Waals surface area contributed by atoms with E-state index in [0.717, 1.165) is 0 Å². The predicted octanol–water partition coefficient (Wildman–Crippen LogP) is 4.16. The van der Waals surface area contributed by atoms with E-state index in [-0.39, 0.29) is 12.5 Å². The lowest BCUT2D eigenvalue weighted by Crippen LogP contribution is -2.22. The number of nitrogens with zero attached hydrogens (tertiary/aromatic N) is 3. The maximum Gasteiger partial charge on any atom is 0.251 e. The van der Waals surface area contributed by atoms with Gasteiger partial charge in [0.15, 0.2) is 0 Å². The molecule has 0 aliphatic heterocycles. The van der Waals surface area contributed by atoms with Gasteiger partial charge < -0.3 is 5.32 Å². The molecule has 0 radical (unpaired) electrons. The summed E-state index contributed by atoms with van der Waals surface area (Å²) in [5, 5.41) is 12.4. The summed E-state index contributed by atoms with van der Waals surface area (Å²) in [6.07, 6.45) is 1.69. The molecule has 5 nitrogen and oxygen atoms in total. The molecule has 0 unspecified atom stereocenters. The molecule has 2 aromatic carbocycles. The van der Waals surface area contributed by atoms with Crippen molar-refractivity contribution in [3.63, 3.8) is 0 Å². The highest BCUT2D eigenvalue weighted by Gasteiger charge is 2.09. The van der Waals surface area contributed by atoms with Gasteiger partial charge in [0, 0.05) is 15.6 Å². The van der Waals surface area contributed by atoms with Crippen molar-refractivity contribution in [2.45, 2.75) is 6.54 Å². The number of amides is 1. The third-order valence-electron chi connectivity index (χ3n) is 3.23. The van der Waals surface area contributed by atoms with Gasteiger partial charge in [-0.2, -0.15) is 0 Å².